The second kappa shape index (κ2) is 9.90. The SMILES string of the molecule is COc1ccc(/C=C/C(=O)Nc2nc(-c3ccc(C)o3)cs2)cc1S(=O)(=O)N1CCCCC1. The third-order valence-corrected chi connectivity index (χ3v) is 7.95. The Kier molecular flexibility index (Phi) is 6.96. The smallest absolute Gasteiger partial charge is 0.250 e. The third-order valence-electron chi connectivity index (χ3n) is 5.27. The third kappa shape index (κ3) is 5.35. The minimum absolute atomic E-state index is 0.104. The first-order valence-corrected chi connectivity index (χ1v) is 12.9. The van der Waals surface area contributed by atoms with Gasteiger partial charge in [-0.25, -0.2) is 13.4 Å². The molecule has 1 fully saturated rings. The molecule has 3 aromatic rings. The van der Waals surface area contributed by atoms with Crippen molar-refractivity contribution in [2.75, 3.05) is 25.5 Å². The molecule has 0 spiro atoms. The number of sulfonamides is 1. The standard InChI is InChI=1S/C23H25N3O5S2/c1-16-6-9-19(31-16)18-15-32-23(24-18)25-22(27)11-8-17-7-10-20(30-2)21(14-17)33(28,29)26-12-4-3-5-13-26/h6-11,14-15H,3-5,12-13H2,1-2H3,(H,24,25,27)/b11-8+. The molecule has 0 unspecified atom stereocenters. The molecule has 0 saturated carbocycles. The van der Waals surface area contributed by atoms with Crippen molar-refractivity contribution >= 4 is 38.5 Å². The van der Waals surface area contributed by atoms with E-state index in [1.54, 1.807) is 23.6 Å². The van der Waals surface area contributed by atoms with Gasteiger partial charge in [0.25, 0.3) is 0 Å². The maximum atomic E-state index is 13.1. The molecule has 1 aromatic carbocycles. The zero-order chi connectivity index (χ0) is 23.4. The average Bonchev–Trinajstić information content (AvgIpc) is 3.47. The number of nitrogens with zero attached hydrogens (tertiary/aromatic N) is 2. The molecule has 0 aliphatic carbocycles. The van der Waals surface area contributed by atoms with Gasteiger partial charge in [0.05, 0.1) is 7.11 Å². The minimum atomic E-state index is -3.68. The summed E-state index contributed by atoms with van der Waals surface area (Å²) in [4.78, 5) is 16.9. The molecule has 0 bridgehead atoms. The van der Waals surface area contributed by atoms with E-state index in [-0.39, 0.29) is 16.6 Å². The van der Waals surface area contributed by atoms with E-state index < -0.39 is 10.0 Å². The van der Waals surface area contributed by atoms with Gasteiger partial charge in [0, 0.05) is 24.5 Å². The molecule has 0 atom stereocenters. The van der Waals surface area contributed by atoms with Gasteiger partial charge in [-0.1, -0.05) is 12.5 Å². The fourth-order valence-corrected chi connectivity index (χ4v) is 5.99. The number of hydrogen-bond acceptors (Lipinski definition) is 7. The van der Waals surface area contributed by atoms with Crippen LogP contribution in [0.1, 0.15) is 30.6 Å². The highest BCUT2D eigenvalue weighted by atomic mass is 32.2. The Bertz CT molecular complexity index is 1270. The molecule has 1 N–H and O–H groups in total. The lowest BCUT2D eigenvalue weighted by atomic mass is 10.2. The molecule has 33 heavy (non-hydrogen) atoms. The second-order valence-electron chi connectivity index (χ2n) is 7.65. The van der Waals surface area contributed by atoms with Crippen molar-refractivity contribution in [2.45, 2.75) is 31.1 Å². The van der Waals surface area contributed by atoms with Crippen LogP contribution in [0.5, 0.6) is 5.75 Å². The molecular formula is C23H25N3O5S2. The van der Waals surface area contributed by atoms with E-state index in [9.17, 15) is 13.2 Å². The number of carbonyl (C=O) groups is 1. The summed E-state index contributed by atoms with van der Waals surface area (Å²) in [5.41, 5.74) is 1.22. The van der Waals surface area contributed by atoms with Crippen molar-refractivity contribution in [3.63, 3.8) is 0 Å². The molecule has 10 heteroatoms. The highest BCUT2D eigenvalue weighted by Gasteiger charge is 2.29. The normalized spacial score (nSPS) is 15.1. The Morgan fingerprint density at radius 2 is 2.00 bits per heavy atom. The predicted octanol–water partition coefficient (Wildman–Crippen LogP) is 4.55. The van der Waals surface area contributed by atoms with Crippen LogP contribution in [-0.4, -0.2) is 43.8 Å². The van der Waals surface area contributed by atoms with Gasteiger partial charge in [-0.3, -0.25) is 10.1 Å². The van der Waals surface area contributed by atoms with Gasteiger partial charge in [-0.2, -0.15) is 4.31 Å². The highest BCUT2D eigenvalue weighted by Crippen LogP contribution is 2.30. The van der Waals surface area contributed by atoms with Crippen molar-refractivity contribution in [1.82, 2.24) is 9.29 Å². The lowest BCUT2D eigenvalue weighted by molar-refractivity contribution is -0.111. The molecule has 1 amide bonds. The number of furan rings is 1. The number of amides is 1. The Morgan fingerprint density at radius 1 is 1.21 bits per heavy atom. The minimum Gasteiger partial charge on any atom is -0.495 e. The zero-order valence-electron chi connectivity index (χ0n) is 18.4. The number of methoxy groups -OCH3 is 1. The van der Waals surface area contributed by atoms with Crippen LogP contribution in [0.25, 0.3) is 17.5 Å². The Balaban J connectivity index is 1.48. The Labute approximate surface area is 196 Å². The number of ether oxygens (including phenoxy) is 1. The lowest BCUT2D eigenvalue weighted by Gasteiger charge is -2.26. The number of aromatic nitrogens is 1. The maximum Gasteiger partial charge on any atom is 0.250 e. The second-order valence-corrected chi connectivity index (χ2v) is 10.4. The summed E-state index contributed by atoms with van der Waals surface area (Å²) < 4.78 is 38.6. The first-order chi connectivity index (χ1) is 15.9. The van der Waals surface area contributed by atoms with Crippen LogP contribution < -0.4 is 10.1 Å². The zero-order valence-corrected chi connectivity index (χ0v) is 20.0. The quantitative estimate of drug-likeness (QED) is 0.491. The number of benzene rings is 1. The van der Waals surface area contributed by atoms with Gasteiger partial charge in [-0.15, -0.1) is 11.3 Å². The fourth-order valence-electron chi connectivity index (χ4n) is 3.58. The van der Waals surface area contributed by atoms with Crippen molar-refractivity contribution in [2.24, 2.45) is 0 Å². The number of nitrogens with one attached hydrogen (secondary N) is 1. The van der Waals surface area contributed by atoms with Gasteiger partial charge in [0.2, 0.25) is 15.9 Å². The molecule has 3 heterocycles. The molecule has 8 nitrogen and oxygen atoms in total. The lowest BCUT2D eigenvalue weighted by Crippen LogP contribution is -2.35. The first kappa shape index (κ1) is 23.2. The number of piperidine rings is 1. The van der Waals surface area contributed by atoms with Crippen molar-refractivity contribution in [3.05, 3.63) is 53.1 Å². The summed E-state index contributed by atoms with van der Waals surface area (Å²) in [6, 6.07) is 8.53. The van der Waals surface area contributed by atoms with Gasteiger partial charge in [0.15, 0.2) is 10.9 Å². The summed E-state index contributed by atoms with van der Waals surface area (Å²) in [7, 11) is -2.24. The van der Waals surface area contributed by atoms with Crippen LogP contribution in [-0.2, 0) is 14.8 Å². The first-order valence-electron chi connectivity index (χ1n) is 10.6. The van der Waals surface area contributed by atoms with E-state index >= 15 is 0 Å². The monoisotopic (exact) mass is 487 g/mol. The molecule has 0 radical (unpaired) electrons. The van der Waals surface area contributed by atoms with Crippen LogP contribution >= 0.6 is 11.3 Å². The number of hydrogen-bond donors (Lipinski definition) is 1. The summed E-state index contributed by atoms with van der Waals surface area (Å²) in [6.45, 7) is 2.86. The van der Waals surface area contributed by atoms with Crippen molar-refractivity contribution < 1.29 is 22.4 Å². The van der Waals surface area contributed by atoms with Crippen molar-refractivity contribution in [3.8, 4) is 17.2 Å². The topological polar surface area (TPSA) is 102 Å². The van der Waals surface area contributed by atoms with Crippen LogP contribution in [0.3, 0.4) is 0 Å². The number of aryl methyl sites for hydroxylation is 1. The summed E-state index contributed by atoms with van der Waals surface area (Å²) in [6.07, 6.45) is 5.63. The van der Waals surface area contributed by atoms with E-state index in [0.29, 0.717) is 35.2 Å². The van der Waals surface area contributed by atoms with E-state index in [4.69, 9.17) is 9.15 Å². The maximum absolute atomic E-state index is 13.1. The molecule has 2 aromatic heterocycles. The van der Waals surface area contributed by atoms with Gasteiger partial charge >= 0.3 is 0 Å². The molecule has 1 saturated heterocycles. The van der Waals surface area contributed by atoms with E-state index in [1.807, 2.05) is 19.1 Å². The average molecular weight is 488 g/mol. The van der Waals surface area contributed by atoms with Crippen molar-refractivity contribution in [1.29, 1.82) is 0 Å². The fraction of sp³-hybridized carbons (Fsp3) is 0.304. The number of thiazole rings is 1. The molecule has 1 aliphatic rings. The van der Waals surface area contributed by atoms with Gasteiger partial charge < -0.3 is 9.15 Å². The number of anilines is 1. The predicted molar refractivity (Wildman–Crippen MR) is 128 cm³/mol. The summed E-state index contributed by atoms with van der Waals surface area (Å²) in [5, 5.41) is 4.96. The van der Waals surface area contributed by atoms with Crippen LogP contribution in [0.15, 0.2) is 51.1 Å². The molecule has 4 rings (SSSR count). The van der Waals surface area contributed by atoms with E-state index in [2.05, 4.69) is 10.3 Å². The number of rotatable bonds is 7. The molecule has 1 aliphatic heterocycles. The van der Waals surface area contributed by atoms with Gasteiger partial charge in [-0.05, 0) is 55.7 Å². The Morgan fingerprint density at radius 3 is 2.70 bits per heavy atom. The van der Waals surface area contributed by atoms with E-state index in [1.165, 1.54) is 34.9 Å². The van der Waals surface area contributed by atoms with Crippen LogP contribution in [0.4, 0.5) is 5.13 Å². The highest BCUT2D eigenvalue weighted by molar-refractivity contribution is 7.89. The number of carbonyl (C=O) groups excluding carboxylic acids is 1. The summed E-state index contributed by atoms with van der Waals surface area (Å²) in [5.74, 6) is 1.33. The largest absolute Gasteiger partial charge is 0.495 e. The van der Waals surface area contributed by atoms with E-state index in [0.717, 1.165) is 25.0 Å². The molecule has 174 valence electrons. The molecular weight excluding hydrogens is 462 g/mol. The Hall–Kier alpha value is -2.95. The van der Waals surface area contributed by atoms with Crippen LogP contribution in [0, 0.1) is 6.92 Å². The summed E-state index contributed by atoms with van der Waals surface area (Å²) >= 11 is 1.29. The van der Waals surface area contributed by atoms with Gasteiger partial charge in [0.1, 0.15) is 22.1 Å². The van der Waals surface area contributed by atoms with Crippen LogP contribution in [0.2, 0.25) is 0 Å².